The second kappa shape index (κ2) is 6.25. The van der Waals surface area contributed by atoms with Crippen molar-refractivity contribution in [2.45, 2.75) is 6.54 Å². The standard InChI is InChI=1S/C13H13NO5S/c1-14(6-9-3-2-4-18-9)12(15)7-19-10-5-11(13(16)17)20-8-10/h2-5,8H,6-7H2,1H3,(H,16,17). The highest BCUT2D eigenvalue weighted by Crippen LogP contribution is 2.21. The van der Waals surface area contributed by atoms with E-state index in [9.17, 15) is 9.59 Å². The summed E-state index contributed by atoms with van der Waals surface area (Å²) in [5.41, 5.74) is 0. The van der Waals surface area contributed by atoms with E-state index in [2.05, 4.69) is 0 Å². The number of nitrogens with zero attached hydrogens (tertiary/aromatic N) is 1. The second-order valence-corrected chi connectivity index (χ2v) is 4.98. The van der Waals surface area contributed by atoms with Crippen LogP contribution in [-0.4, -0.2) is 35.5 Å². The number of furan rings is 1. The molecule has 20 heavy (non-hydrogen) atoms. The molecule has 0 aromatic carbocycles. The summed E-state index contributed by atoms with van der Waals surface area (Å²) >= 11 is 1.06. The van der Waals surface area contributed by atoms with Gasteiger partial charge in [0, 0.05) is 18.5 Å². The molecule has 0 saturated heterocycles. The topological polar surface area (TPSA) is 80.0 Å². The zero-order valence-electron chi connectivity index (χ0n) is 10.7. The van der Waals surface area contributed by atoms with Crippen LogP contribution in [0.15, 0.2) is 34.3 Å². The summed E-state index contributed by atoms with van der Waals surface area (Å²) in [5, 5.41) is 10.3. The van der Waals surface area contributed by atoms with E-state index < -0.39 is 5.97 Å². The molecular formula is C13H13NO5S. The molecule has 0 aliphatic rings. The molecule has 6 nitrogen and oxygen atoms in total. The minimum absolute atomic E-state index is 0.146. The van der Waals surface area contributed by atoms with Gasteiger partial charge in [0.15, 0.2) is 6.61 Å². The molecule has 0 aliphatic heterocycles. The number of carbonyl (C=O) groups is 2. The van der Waals surface area contributed by atoms with Crippen LogP contribution in [0.3, 0.4) is 0 Å². The lowest BCUT2D eigenvalue weighted by Gasteiger charge is -2.15. The van der Waals surface area contributed by atoms with Crippen molar-refractivity contribution in [1.29, 1.82) is 0 Å². The maximum atomic E-state index is 11.8. The van der Waals surface area contributed by atoms with E-state index in [1.807, 2.05) is 0 Å². The smallest absolute Gasteiger partial charge is 0.346 e. The van der Waals surface area contributed by atoms with E-state index in [1.165, 1.54) is 11.0 Å². The van der Waals surface area contributed by atoms with Gasteiger partial charge in [-0.15, -0.1) is 11.3 Å². The van der Waals surface area contributed by atoms with Crippen molar-refractivity contribution in [3.63, 3.8) is 0 Å². The lowest BCUT2D eigenvalue weighted by Crippen LogP contribution is -2.30. The van der Waals surface area contributed by atoms with Crippen LogP contribution >= 0.6 is 11.3 Å². The van der Waals surface area contributed by atoms with Gasteiger partial charge in [0.2, 0.25) is 0 Å². The number of aromatic carboxylic acids is 1. The summed E-state index contributed by atoms with van der Waals surface area (Å²) in [6, 6.07) is 4.93. The number of rotatable bonds is 6. The first-order chi connectivity index (χ1) is 9.56. The Morgan fingerprint density at radius 1 is 1.50 bits per heavy atom. The minimum atomic E-state index is -1.01. The van der Waals surface area contributed by atoms with Crippen molar-refractivity contribution in [2.24, 2.45) is 0 Å². The number of likely N-dealkylation sites (N-methyl/N-ethyl adjacent to an activating group) is 1. The zero-order chi connectivity index (χ0) is 14.5. The van der Waals surface area contributed by atoms with E-state index in [4.69, 9.17) is 14.3 Å². The lowest BCUT2D eigenvalue weighted by molar-refractivity contribution is -0.132. The van der Waals surface area contributed by atoms with Crippen LogP contribution in [0.4, 0.5) is 0 Å². The number of hydrogen-bond donors (Lipinski definition) is 1. The number of amides is 1. The number of thiophene rings is 1. The summed E-state index contributed by atoms with van der Waals surface area (Å²) in [7, 11) is 1.64. The monoisotopic (exact) mass is 295 g/mol. The number of carbonyl (C=O) groups excluding carboxylic acids is 1. The molecule has 106 valence electrons. The van der Waals surface area contributed by atoms with Gasteiger partial charge in [0.1, 0.15) is 16.4 Å². The van der Waals surface area contributed by atoms with Crippen molar-refractivity contribution in [3.8, 4) is 5.75 Å². The molecule has 2 rings (SSSR count). The Bertz CT molecular complexity index is 590. The van der Waals surface area contributed by atoms with E-state index in [0.717, 1.165) is 11.3 Å². The van der Waals surface area contributed by atoms with E-state index in [-0.39, 0.29) is 17.4 Å². The second-order valence-electron chi connectivity index (χ2n) is 4.07. The third kappa shape index (κ3) is 3.61. The molecule has 0 spiro atoms. The van der Waals surface area contributed by atoms with Crippen molar-refractivity contribution in [3.05, 3.63) is 40.5 Å². The van der Waals surface area contributed by atoms with Crippen molar-refractivity contribution >= 4 is 23.2 Å². The van der Waals surface area contributed by atoms with Crippen LogP contribution in [0.5, 0.6) is 5.75 Å². The fourth-order valence-corrected chi connectivity index (χ4v) is 2.15. The predicted molar refractivity (Wildman–Crippen MR) is 72.0 cm³/mol. The molecule has 0 aliphatic carbocycles. The lowest BCUT2D eigenvalue weighted by atomic mass is 10.4. The first-order valence-electron chi connectivity index (χ1n) is 5.77. The third-order valence-electron chi connectivity index (χ3n) is 2.55. The molecule has 0 radical (unpaired) electrons. The van der Waals surface area contributed by atoms with Crippen LogP contribution in [0.2, 0.25) is 0 Å². The zero-order valence-corrected chi connectivity index (χ0v) is 11.6. The average molecular weight is 295 g/mol. The Kier molecular flexibility index (Phi) is 4.41. The van der Waals surface area contributed by atoms with Gasteiger partial charge in [-0.2, -0.15) is 0 Å². The molecule has 0 saturated carbocycles. The Balaban J connectivity index is 1.83. The van der Waals surface area contributed by atoms with Gasteiger partial charge in [-0.25, -0.2) is 4.79 Å². The van der Waals surface area contributed by atoms with Gasteiger partial charge in [-0.3, -0.25) is 4.79 Å². The molecule has 2 aromatic rings. The minimum Gasteiger partial charge on any atom is -0.483 e. The fraction of sp³-hybridized carbons (Fsp3) is 0.231. The van der Waals surface area contributed by atoms with Crippen molar-refractivity contribution in [1.82, 2.24) is 4.90 Å². The molecule has 0 fully saturated rings. The van der Waals surface area contributed by atoms with Crippen LogP contribution in [0, 0.1) is 0 Å². The van der Waals surface area contributed by atoms with Crippen molar-refractivity contribution in [2.75, 3.05) is 13.7 Å². The first kappa shape index (κ1) is 14.1. The summed E-state index contributed by atoms with van der Waals surface area (Å²) < 4.78 is 10.4. The molecule has 0 bridgehead atoms. The summed E-state index contributed by atoms with van der Waals surface area (Å²) in [4.78, 5) is 24.2. The van der Waals surface area contributed by atoms with Gasteiger partial charge in [0.05, 0.1) is 12.8 Å². The molecule has 2 heterocycles. The van der Waals surface area contributed by atoms with Crippen LogP contribution < -0.4 is 4.74 Å². The number of ether oxygens (including phenoxy) is 1. The normalized spacial score (nSPS) is 10.2. The van der Waals surface area contributed by atoms with Crippen LogP contribution in [0.25, 0.3) is 0 Å². The van der Waals surface area contributed by atoms with Crippen LogP contribution in [-0.2, 0) is 11.3 Å². The third-order valence-corrected chi connectivity index (χ3v) is 3.44. The maximum Gasteiger partial charge on any atom is 0.346 e. The molecule has 0 atom stereocenters. The van der Waals surface area contributed by atoms with E-state index >= 15 is 0 Å². The van der Waals surface area contributed by atoms with Gasteiger partial charge < -0.3 is 19.2 Å². The highest BCUT2D eigenvalue weighted by Gasteiger charge is 2.13. The summed E-state index contributed by atoms with van der Waals surface area (Å²) in [6.45, 7) is 0.214. The summed E-state index contributed by atoms with van der Waals surface area (Å²) in [6.07, 6.45) is 1.54. The molecule has 0 unspecified atom stereocenters. The molecular weight excluding hydrogens is 282 g/mol. The maximum absolute atomic E-state index is 11.8. The van der Waals surface area contributed by atoms with Crippen molar-refractivity contribution < 1.29 is 23.8 Å². The van der Waals surface area contributed by atoms with Crippen LogP contribution in [0.1, 0.15) is 15.4 Å². The van der Waals surface area contributed by atoms with Gasteiger partial charge in [-0.1, -0.05) is 0 Å². The predicted octanol–water partition coefficient (Wildman–Crippen LogP) is 2.08. The SMILES string of the molecule is CN(Cc1ccco1)C(=O)COc1csc(C(=O)O)c1. The molecule has 1 amide bonds. The first-order valence-corrected chi connectivity index (χ1v) is 6.65. The van der Waals surface area contributed by atoms with E-state index in [0.29, 0.717) is 18.1 Å². The summed E-state index contributed by atoms with van der Waals surface area (Å²) in [5.74, 6) is -0.160. The largest absolute Gasteiger partial charge is 0.483 e. The average Bonchev–Trinajstić information content (AvgIpc) is 3.06. The Morgan fingerprint density at radius 3 is 2.90 bits per heavy atom. The molecule has 1 N–H and O–H groups in total. The number of carboxylic acids is 1. The number of carboxylic acid groups (broad SMARTS) is 1. The van der Waals surface area contributed by atoms with E-state index in [1.54, 1.807) is 30.8 Å². The Morgan fingerprint density at radius 2 is 2.30 bits per heavy atom. The highest BCUT2D eigenvalue weighted by atomic mass is 32.1. The van der Waals surface area contributed by atoms with Gasteiger partial charge in [-0.05, 0) is 12.1 Å². The quantitative estimate of drug-likeness (QED) is 0.882. The Hall–Kier alpha value is -2.28. The fourth-order valence-electron chi connectivity index (χ4n) is 1.49. The van der Waals surface area contributed by atoms with Gasteiger partial charge >= 0.3 is 5.97 Å². The Labute approximate surface area is 119 Å². The number of hydrogen-bond acceptors (Lipinski definition) is 5. The van der Waals surface area contributed by atoms with Gasteiger partial charge in [0.25, 0.3) is 5.91 Å². The molecule has 2 aromatic heterocycles. The molecule has 7 heteroatoms. The highest BCUT2D eigenvalue weighted by molar-refractivity contribution is 7.12.